The number of carboxylic acid groups (broad SMARTS) is 1. The van der Waals surface area contributed by atoms with Crippen LogP contribution in [-0.2, 0) is 4.79 Å². The molecule has 0 atom stereocenters. The van der Waals surface area contributed by atoms with E-state index in [1.807, 2.05) is 36.4 Å². The Morgan fingerprint density at radius 2 is 1.37 bits per heavy atom. The first-order chi connectivity index (χ1) is 13.1. The van der Waals surface area contributed by atoms with E-state index >= 15 is 0 Å². The predicted molar refractivity (Wildman–Crippen MR) is 107 cm³/mol. The fourth-order valence-corrected chi connectivity index (χ4v) is 2.90. The average molecular weight is 368 g/mol. The summed E-state index contributed by atoms with van der Waals surface area (Å²) in [6.45, 7) is 2.96. The number of hydrogen-bond donors (Lipinski definition) is 1. The molecule has 0 spiro atoms. The second-order valence-electron chi connectivity index (χ2n) is 6.71. The second-order valence-corrected chi connectivity index (χ2v) is 6.71. The molecule has 0 saturated heterocycles. The molecule has 2 aromatic rings. The van der Waals surface area contributed by atoms with E-state index in [1.165, 1.54) is 32.1 Å². The van der Waals surface area contributed by atoms with Gasteiger partial charge in [-0.05, 0) is 29.7 Å². The lowest BCUT2D eigenvalue weighted by Crippen LogP contribution is -2.06. The smallest absolute Gasteiger partial charge is 0.311 e. The topological polar surface area (TPSA) is 63.6 Å². The second kappa shape index (κ2) is 11.2. The first-order valence-electron chi connectivity index (χ1n) is 9.68. The molecule has 0 radical (unpaired) electrons. The lowest BCUT2D eigenvalue weighted by molar-refractivity contribution is -0.135. The molecule has 0 heterocycles. The maximum atomic E-state index is 11.7. The van der Waals surface area contributed by atoms with Crippen molar-refractivity contribution in [3.63, 3.8) is 0 Å². The van der Waals surface area contributed by atoms with Crippen molar-refractivity contribution in [2.45, 2.75) is 51.9 Å². The van der Waals surface area contributed by atoms with Crippen LogP contribution >= 0.6 is 0 Å². The summed E-state index contributed by atoms with van der Waals surface area (Å²) in [7, 11) is 0. The van der Waals surface area contributed by atoms with E-state index in [4.69, 9.17) is 9.84 Å². The summed E-state index contributed by atoms with van der Waals surface area (Å²) in [4.78, 5) is 22.4. The molecule has 27 heavy (non-hydrogen) atoms. The van der Waals surface area contributed by atoms with E-state index in [1.54, 1.807) is 12.1 Å². The van der Waals surface area contributed by atoms with E-state index in [0.29, 0.717) is 5.56 Å². The molecule has 0 amide bonds. The Morgan fingerprint density at radius 1 is 0.815 bits per heavy atom. The molecule has 1 N–H and O–H groups in total. The minimum absolute atomic E-state index is 0.382. The van der Waals surface area contributed by atoms with Gasteiger partial charge in [-0.15, -0.1) is 0 Å². The zero-order valence-corrected chi connectivity index (χ0v) is 15.9. The molecule has 0 aliphatic rings. The van der Waals surface area contributed by atoms with E-state index in [0.717, 1.165) is 29.9 Å². The molecule has 0 fully saturated rings. The first kappa shape index (κ1) is 20.7. The molecule has 0 aliphatic heterocycles. The number of carboxylic acids is 1. The van der Waals surface area contributed by atoms with Crippen LogP contribution in [0.2, 0.25) is 0 Å². The van der Waals surface area contributed by atoms with Crippen molar-refractivity contribution in [3.8, 4) is 16.9 Å². The van der Waals surface area contributed by atoms with Crippen LogP contribution in [0.15, 0.2) is 48.5 Å². The molecule has 2 rings (SSSR count). The minimum atomic E-state index is -1.11. The lowest BCUT2D eigenvalue weighted by Gasteiger charge is -2.08. The van der Waals surface area contributed by atoms with Gasteiger partial charge in [0.05, 0.1) is 6.61 Å². The number of rotatable bonds is 12. The molecular formula is C23H28O4. The fourth-order valence-electron chi connectivity index (χ4n) is 2.90. The van der Waals surface area contributed by atoms with Crippen molar-refractivity contribution in [1.29, 1.82) is 0 Å². The summed E-state index contributed by atoms with van der Waals surface area (Å²) in [6, 6.07) is 14.9. The van der Waals surface area contributed by atoms with E-state index in [2.05, 4.69) is 6.92 Å². The standard InChI is InChI=1S/C23H28O4/c1-2-3-4-5-6-7-16-27-21-14-12-19(13-15-21)18-8-10-20(11-9-18)22(24)17-23(25)26/h8-15H,2-7,16-17H2,1H3,(H,25,26). The van der Waals surface area contributed by atoms with Gasteiger partial charge in [0.25, 0.3) is 0 Å². The van der Waals surface area contributed by atoms with Crippen molar-refractivity contribution < 1.29 is 19.4 Å². The highest BCUT2D eigenvalue weighted by Gasteiger charge is 2.10. The number of ether oxygens (including phenoxy) is 1. The first-order valence-corrected chi connectivity index (χ1v) is 9.68. The van der Waals surface area contributed by atoms with Crippen LogP contribution in [0.25, 0.3) is 11.1 Å². The highest BCUT2D eigenvalue weighted by molar-refractivity contribution is 6.05. The van der Waals surface area contributed by atoms with E-state index < -0.39 is 12.4 Å². The van der Waals surface area contributed by atoms with Gasteiger partial charge >= 0.3 is 5.97 Å². The number of aliphatic carboxylic acids is 1. The largest absolute Gasteiger partial charge is 0.494 e. The predicted octanol–water partition coefficient (Wildman–Crippen LogP) is 5.75. The van der Waals surface area contributed by atoms with Crippen LogP contribution in [0.5, 0.6) is 5.75 Å². The SMILES string of the molecule is CCCCCCCCOc1ccc(-c2ccc(C(=O)CC(=O)O)cc2)cc1. The van der Waals surface area contributed by atoms with Crippen LogP contribution in [0, 0.1) is 0 Å². The molecular weight excluding hydrogens is 340 g/mol. The van der Waals surface area contributed by atoms with Crippen molar-refractivity contribution in [2.75, 3.05) is 6.61 Å². The maximum Gasteiger partial charge on any atom is 0.311 e. The fraction of sp³-hybridized carbons (Fsp3) is 0.391. The molecule has 0 saturated carbocycles. The van der Waals surface area contributed by atoms with Gasteiger partial charge in [0.15, 0.2) is 5.78 Å². The number of benzene rings is 2. The maximum absolute atomic E-state index is 11.7. The average Bonchev–Trinajstić information content (AvgIpc) is 2.67. The van der Waals surface area contributed by atoms with Gasteiger partial charge in [-0.3, -0.25) is 9.59 Å². The van der Waals surface area contributed by atoms with Crippen molar-refractivity contribution >= 4 is 11.8 Å². The monoisotopic (exact) mass is 368 g/mol. The minimum Gasteiger partial charge on any atom is -0.494 e. The number of ketones is 1. The normalized spacial score (nSPS) is 10.6. The van der Waals surface area contributed by atoms with Gasteiger partial charge in [0.2, 0.25) is 0 Å². The van der Waals surface area contributed by atoms with Crippen molar-refractivity contribution in [2.24, 2.45) is 0 Å². The van der Waals surface area contributed by atoms with Crippen molar-refractivity contribution in [1.82, 2.24) is 0 Å². The van der Waals surface area contributed by atoms with E-state index in [9.17, 15) is 9.59 Å². The molecule has 0 bridgehead atoms. The van der Waals surface area contributed by atoms with Gasteiger partial charge in [-0.25, -0.2) is 0 Å². The third-order valence-electron chi connectivity index (χ3n) is 4.47. The molecule has 2 aromatic carbocycles. The molecule has 0 aliphatic carbocycles. The van der Waals surface area contributed by atoms with Gasteiger partial charge in [0, 0.05) is 5.56 Å². The summed E-state index contributed by atoms with van der Waals surface area (Å²) < 4.78 is 5.79. The Labute approximate surface area is 161 Å². The molecule has 0 unspecified atom stereocenters. The highest BCUT2D eigenvalue weighted by atomic mass is 16.5. The Morgan fingerprint density at radius 3 is 1.96 bits per heavy atom. The van der Waals surface area contributed by atoms with Crippen LogP contribution in [0.1, 0.15) is 62.2 Å². The molecule has 4 nitrogen and oxygen atoms in total. The van der Waals surface area contributed by atoms with Crippen molar-refractivity contribution in [3.05, 3.63) is 54.1 Å². The number of Topliss-reactive ketones (excluding diaryl/α,β-unsaturated/α-hetero) is 1. The Bertz CT molecular complexity index is 717. The number of carbonyl (C=O) groups is 2. The molecule has 0 aromatic heterocycles. The Hall–Kier alpha value is -2.62. The van der Waals surface area contributed by atoms with Crippen LogP contribution in [0.4, 0.5) is 0 Å². The van der Waals surface area contributed by atoms with Crippen LogP contribution in [-0.4, -0.2) is 23.5 Å². The third kappa shape index (κ3) is 7.26. The van der Waals surface area contributed by atoms with Gasteiger partial charge < -0.3 is 9.84 Å². The summed E-state index contributed by atoms with van der Waals surface area (Å²) in [5.41, 5.74) is 2.42. The molecule has 4 heteroatoms. The van der Waals surface area contributed by atoms with Gasteiger partial charge in [-0.1, -0.05) is 75.4 Å². The lowest BCUT2D eigenvalue weighted by atomic mass is 10.0. The van der Waals surface area contributed by atoms with Gasteiger partial charge in [0.1, 0.15) is 12.2 Å². The molecule has 144 valence electrons. The number of unbranched alkanes of at least 4 members (excludes halogenated alkanes) is 5. The summed E-state index contributed by atoms with van der Waals surface area (Å²) in [6.07, 6.45) is 6.99. The summed E-state index contributed by atoms with van der Waals surface area (Å²) in [5.74, 6) is -0.631. The van der Waals surface area contributed by atoms with E-state index in [-0.39, 0.29) is 5.78 Å². The Kier molecular flexibility index (Phi) is 8.56. The zero-order chi connectivity index (χ0) is 19.5. The quantitative estimate of drug-likeness (QED) is 0.294. The highest BCUT2D eigenvalue weighted by Crippen LogP contribution is 2.23. The third-order valence-corrected chi connectivity index (χ3v) is 4.47. The number of hydrogen-bond acceptors (Lipinski definition) is 3. The summed E-state index contributed by atoms with van der Waals surface area (Å²) in [5, 5.41) is 8.70. The summed E-state index contributed by atoms with van der Waals surface area (Å²) >= 11 is 0. The van der Waals surface area contributed by atoms with Crippen LogP contribution in [0.3, 0.4) is 0 Å². The zero-order valence-electron chi connectivity index (χ0n) is 15.9. The number of carbonyl (C=O) groups excluding carboxylic acids is 1. The van der Waals surface area contributed by atoms with Crippen LogP contribution < -0.4 is 4.74 Å². The Balaban J connectivity index is 1.82. The van der Waals surface area contributed by atoms with Gasteiger partial charge in [-0.2, -0.15) is 0 Å².